The van der Waals surface area contributed by atoms with E-state index in [1.54, 1.807) is 0 Å². The Morgan fingerprint density at radius 2 is 1.36 bits per heavy atom. The summed E-state index contributed by atoms with van der Waals surface area (Å²) in [5, 5.41) is 0. The van der Waals surface area contributed by atoms with E-state index >= 15 is 0 Å². The van der Waals surface area contributed by atoms with Crippen LogP contribution in [0.3, 0.4) is 0 Å². The third-order valence-electron chi connectivity index (χ3n) is 3.39. The summed E-state index contributed by atoms with van der Waals surface area (Å²) < 4.78 is 0. The Balaban J connectivity index is 2.38. The average molecular weight is 269 g/mol. The van der Waals surface area contributed by atoms with Crippen LogP contribution in [0.25, 0.3) is 0 Å². The molecule has 0 nitrogen and oxygen atoms in total. The first-order valence-corrected chi connectivity index (χ1v) is 13.2. The second-order valence-corrected chi connectivity index (χ2v) is 18.4. The SMILES string of the molecule is CCCC[Si]1(CCCC)C[Si](Cl)(Cl)C1. The molecule has 1 aliphatic rings. The minimum Gasteiger partial charge on any atom is -0.146 e. The molecule has 0 unspecified atom stereocenters. The van der Waals surface area contributed by atoms with Gasteiger partial charge in [0.25, 0.3) is 0 Å². The van der Waals surface area contributed by atoms with Crippen molar-refractivity contribution in [1.29, 1.82) is 0 Å². The van der Waals surface area contributed by atoms with Crippen LogP contribution in [0.5, 0.6) is 0 Å². The molecule has 0 aromatic rings. The molecule has 4 heteroatoms. The van der Waals surface area contributed by atoms with Crippen LogP contribution in [0.2, 0.25) is 23.4 Å². The second-order valence-electron chi connectivity index (χ2n) is 4.92. The first-order valence-electron chi connectivity index (χ1n) is 5.91. The molecule has 0 atom stereocenters. The predicted molar refractivity (Wildman–Crippen MR) is 72.3 cm³/mol. The normalized spacial score (nSPS) is 23.1. The summed E-state index contributed by atoms with van der Waals surface area (Å²) in [5.41, 5.74) is 2.59. The average Bonchev–Trinajstić information content (AvgIpc) is 2.08. The molecule has 0 spiro atoms. The molecular formula is C10H22Cl2Si2. The van der Waals surface area contributed by atoms with Gasteiger partial charge < -0.3 is 0 Å². The summed E-state index contributed by atoms with van der Waals surface area (Å²) in [7, 11) is -0.922. The van der Waals surface area contributed by atoms with E-state index in [0.29, 0.717) is 0 Å². The lowest BCUT2D eigenvalue weighted by Crippen LogP contribution is -2.56. The highest BCUT2D eigenvalue weighted by Gasteiger charge is 2.55. The summed E-state index contributed by atoms with van der Waals surface area (Å²) >= 11 is 12.6. The standard InChI is InChI=1S/C10H22Cl2Si2/c1-3-5-7-13(8-6-4-2)9-14(11,12)10-13/h3-10H2,1-2H3. The van der Waals surface area contributed by atoms with E-state index in [1.165, 1.54) is 49.1 Å². The van der Waals surface area contributed by atoms with E-state index in [4.69, 9.17) is 22.2 Å². The van der Waals surface area contributed by atoms with Gasteiger partial charge in [0.05, 0.1) is 8.07 Å². The Labute approximate surface area is 99.8 Å². The Kier molecular flexibility index (Phi) is 5.02. The number of unbranched alkanes of at least 4 members (excludes halogenated alkanes) is 2. The van der Waals surface area contributed by atoms with Gasteiger partial charge in [-0.2, -0.15) is 0 Å². The quantitative estimate of drug-likeness (QED) is 0.467. The zero-order valence-electron chi connectivity index (χ0n) is 9.41. The van der Waals surface area contributed by atoms with Gasteiger partial charge in [0.15, 0.2) is 0 Å². The maximum Gasteiger partial charge on any atom is 0.246 e. The molecule has 0 radical (unpaired) electrons. The van der Waals surface area contributed by atoms with Crippen molar-refractivity contribution in [2.75, 3.05) is 0 Å². The lowest BCUT2D eigenvalue weighted by molar-refractivity contribution is 0.821. The largest absolute Gasteiger partial charge is 0.246 e. The summed E-state index contributed by atoms with van der Waals surface area (Å²) in [6.45, 7) is 2.89. The van der Waals surface area contributed by atoms with Crippen LogP contribution in [-0.4, -0.2) is 14.8 Å². The second kappa shape index (κ2) is 5.37. The maximum atomic E-state index is 6.29. The molecule has 1 aliphatic heterocycles. The van der Waals surface area contributed by atoms with Crippen LogP contribution in [0.1, 0.15) is 39.5 Å². The first kappa shape index (κ1) is 13.1. The Bertz CT molecular complexity index is 165. The monoisotopic (exact) mass is 268 g/mol. The lowest BCUT2D eigenvalue weighted by Gasteiger charge is -2.47. The van der Waals surface area contributed by atoms with Crippen molar-refractivity contribution >= 4 is 36.9 Å². The van der Waals surface area contributed by atoms with Gasteiger partial charge in [0, 0.05) is 0 Å². The molecule has 1 rings (SSSR count). The lowest BCUT2D eigenvalue weighted by atomic mass is 10.4. The van der Waals surface area contributed by atoms with E-state index in [1.807, 2.05) is 0 Å². The Morgan fingerprint density at radius 1 is 0.929 bits per heavy atom. The minimum absolute atomic E-state index is 0.922. The zero-order chi connectivity index (χ0) is 10.7. The molecule has 0 bridgehead atoms. The molecule has 0 aliphatic carbocycles. The fourth-order valence-electron chi connectivity index (χ4n) is 2.63. The van der Waals surface area contributed by atoms with E-state index in [-0.39, 0.29) is 0 Å². The van der Waals surface area contributed by atoms with Crippen LogP contribution in [-0.2, 0) is 0 Å². The van der Waals surface area contributed by atoms with Crippen molar-refractivity contribution < 1.29 is 0 Å². The summed E-state index contributed by atoms with van der Waals surface area (Å²) in [5.74, 6) is 0. The molecule has 1 fully saturated rings. The highest BCUT2D eigenvalue weighted by molar-refractivity contribution is 7.54. The van der Waals surface area contributed by atoms with Gasteiger partial charge in [-0.15, -0.1) is 22.2 Å². The third kappa shape index (κ3) is 3.55. The van der Waals surface area contributed by atoms with Crippen molar-refractivity contribution in [2.24, 2.45) is 0 Å². The van der Waals surface area contributed by atoms with Crippen molar-refractivity contribution in [2.45, 2.75) is 63.0 Å². The molecule has 0 saturated carbocycles. The smallest absolute Gasteiger partial charge is 0.146 e. The van der Waals surface area contributed by atoms with Crippen LogP contribution in [0.15, 0.2) is 0 Å². The van der Waals surface area contributed by atoms with Crippen molar-refractivity contribution in [3.05, 3.63) is 0 Å². The van der Waals surface area contributed by atoms with Crippen LogP contribution in [0.4, 0.5) is 0 Å². The predicted octanol–water partition coefficient (Wildman–Crippen LogP) is 5.05. The van der Waals surface area contributed by atoms with Gasteiger partial charge in [-0.1, -0.05) is 51.6 Å². The van der Waals surface area contributed by atoms with Gasteiger partial charge in [-0.05, 0) is 11.3 Å². The van der Waals surface area contributed by atoms with E-state index < -0.39 is 14.8 Å². The molecule has 0 aromatic heterocycles. The fourth-order valence-corrected chi connectivity index (χ4v) is 26.5. The highest BCUT2D eigenvalue weighted by Crippen LogP contribution is 2.51. The van der Waals surface area contributed by atoms with Crippen LogP contribution < -0.4 is 0 Å². The topological polar surface area (TPSA) is 0 Å². The Hall–Kier alpha value is 1.01. The number of hydrogen-bond acceptors (Lipinski definition) is 0. The van der Waals surface area contributed by atoms with Crippen molar-refractivity contribution in [3.63, 3.8) is 0 Å². The molecule has 1 heterocycles. The molecule has 84 valence electrons. The summed E-state index contributed by atoms with van der Waals surface area (Å²) in [6.07, 6.45) is 5.49. The summed E-state index contributed by atoms with van der Waals surface area (Å²) in [6, 6.07) is 3.00. The molecule has 0 amide bonds. The van der Waals surface area contributed by atoms with Gasteiger partial charge >= 0.3 is 0 Å². The van der Waals surface area contributed by atoms with E-state index in [0.717, 1.165) is 0 Å². The molecule has 0 aromatic carbocycles. The van der Waals surface area contributed by atoms with E-state index in [9.17, 15) is 0 Å². The highest BCUT2D eigenvalue weighted by atomic mass is 35.7. The van der Waals surface area contributed by atoms with Gasteiger partial charge in [-0.3, -0.25) is 0 Å². The zero-order valence-corrected chi connectivity index (χ0v) is 12.9. The number of hydrogen-bond donors (Lipinski definition) is 0. The van der Waals surface area contributed by atoms with Crippen LogP contribution in [0, 0.1) is 0 Å². The first-order chi connectivity index (χ1) is 6.54. The van der Waals surface area contributed by atoms with Crippen LogP contribution >= 0.6 is 22.2 Å². The molecule has 1 saturated heterocycles. The fraction of sp³-hybridized carbons (Fsp3) is 1.00. The van der Waals surface area contributed by atoms with E-state index in [2.05, 4.69) is 13.8 Å². The molecule has 0 N–H and O–H groups in total. The van der Waals surface area contributed by atoms with Crippen molar-refractivity contribution in [1.82, 2.24) is 0 Å². The van der Waals surface area contributed by atoms with Gasteiger partial charge in [-0.25, -0.2) is 0 Å². The maximum absolute atomic E-state index is 6.29. The molecular weight excluding hydrogens is 247 g/mol. The summed E-state index contributed by atoms with van der Waals surface area (Å²) in [4.78, 5) is 0. The third-order valence-corrected chi connectivity index (χ3v) is 21.2. The van der Waals surface area contributed by atoms with Gasteiger partial charge in [0.1, 0.15) is 0 Å². The molecule has 14 heavy (non-hydrogen) atoms. The van der Waals surface area contributed by atoms with Gasteiger partial charge in [0.2, 0.25) is 6.69 Å². The number of halogens is 2. The Morgan fingerprint density at radius 3 is 1.64 bits per heavy atom. The minimum atomic E-state index is -1.68. The number of rotatable bonds is 6. The van der Waals surface area contributed by atoms with Crippen molar-refractivity contribution in [3.8, 4) is 0 Å².